The fourth-order valence-electron chi connectivity index (χ4n) is 3.93. The van der Waals surface area contributed by atoms with Crippen LogP contribution >= 0.6 is 0 Å². The molecule has 0 bridgehead atoms. The summed E-state index contributed by atoms with van der Waals surface area (Å²) in [5.74, 6) is -0.392. The van der Waals surface area contributed by atoms with E-state index in [0.29, 0.717) is 17.0 Å². The van der Waals surface area contributed by atoms with E-state index in [9.17, 15) is 14.4 Å². The third-order valence-electron chi connectivity index (χ3n) is 5.73. The van der Waals surface area contributed by atoms with E-state index in [1.807, 2.05) is 54.6 Å². The van der Waals surface area contributed by atoms with Gasteiger partial charge >= 0.3 is 6.03 Å². The summed E-state index contributed by atoms with van der Waals surface area (Å²) in [6.07, 6.45) is 1.79. The molecule has 0 aliphatic carbocycles. The van der Waals surface area contributed by atoms with Gasteiger partial charge in [0.05, 0.1) is 6.54 Å². The Balaban J connectivity index is 1.30. The largest absolute Gasteiger partial charge is 0.347 e. The summed E-state index contributed by atoms with van der Waals surface area (Å²) in [5, 5.41) is 15.5. The maximum absolute atomic E-state index is 13.2. The molecule has 32 heavy (non-hydrogen) atoms. The molecule has 0 saturated carbocycles. The third-order valence-corrected chi connectivity index (χ3v) is 5.73. The Morgan fingerprint density at radius 1 is 1.03 bits per heavy atom. The van der Waals surface area contributed by atoms with Crippen molar-refractivity contribution in [1.29, 1.82) is 0 Å². The topological polar surface area (TPSA) is 109 Å². The van der Waals surface area contributed by atoms with Gasteiger partial charge in [-0.25, -0.2) is 4.79 Å². The lowest BCUT2D eigenvalue weighted by Gasteiger charge is -2.22. The Bertz CT molecular complexity index is 1380. The predicted molar refractivity (Wildman–Crippen MR) is 116 cm³/mol. The van der Waals surface area contributed by atoms with Gasteiger partial charge in [-0.3, -0.25) is 18.9 Å². The molecular formula is C23H20N6O3. The maximum atomic E-state index is 13.2. The van der Waals surface area contributed by atoms with Crippen molar-refractivity contribution >= 4 is 34.3 Å². The first-order valence-electron chi connectivity index (χ1n) is 10.1. The molecule has 2 aromatic carbocycles. The van der Waals surface area contributed by atoms with Crippen molar-refractivity contribution < 1.29 is 14.4 Å². The van der Waals surface area contributed by atoms with Crippen LogP contribution in [0.4, 0.5) is 4.79 Å². The lowest BCUT2D eigenvalue weighted by atomic mass is 9.90. The molecule has 5 rings (SSSR count). The van der Waals surface area contributed by atoms with Gasteiger partial charge in [0.25, 0.3) is 5.91 Å². The number of nitrogens with zero attached hydrogens (tertiary/aromatic N) is 4. The van der Waals surface area contributed by atoms with Gasteiger partial charge in [-0.15, -0.1) is 10.2 Å². The number of carbonyl (C=O) groups is 3. The highest BCUT2D eigenvalue weighted by atomic mass is 16.2. The number of carbonyl (C=O) groups excluding carboxylic acids is 3. The van der Waals surface area contributed by atoms with Crippen molar-refractivity contribution in [3.05, 3.63) is 78.2 Å². The Morgan fingerprint density at radius 3 is 2.66 bits per heavy atom. The number of fused-ring (bicyclic) bond motifs is 2. The predicted octanol–water partition coefficient (Wildman–Crippen LogP) is 1.97. The SMILES string of the molecule is C[C@]1(c2ccc3ccccc3c2)NC(=O)N(CC(=O)NCc2nnc3ccccn23)C1=O. The zero-order chi connectivity index (χ0) is 22.3. The summed E-state index contributed by atoms with van der Waals surface area (Å²) in [6, 6.07) is 18.3. The normalized spacial score (nSPS) is 18.3. The smallest absolute Gasteiger partial charge is 0.325 e. The van der Waals surface area contributed by atoms with Crippen LogP contribution in [0.2, 0.25) is 0 Å². The summed E-state index contributed by atoms with van der Waals surface area (Å²) < 4.78 is 1.75. The van der Waals surface area contributed by atoms with E-state index in [1.54, 1.807) is 23.6 Å². The van der Waals surface area contributed by atoms with Crippen LogP contribution in [0.5, 0.6) is 0 Å². The van der Waals surface area contributed by atoms with Gasteiger partial charge in [0.2, 0.25) is 5.91 Å². The third kappa shape index (κ3) is 3.24. The molecule has 160 valence electrons. The lowest BCUT2D eigenvalue weighted by molar-refractivity contribution is -0.134. The molecule has 2 N–H and O–H groups in total. The molecule has 4 amide bonds. The average molecular weight is 428 g/mol. The number of hydrogen-bond donors (Lipinski definition) is 2. The van der Waals surface area contributed by atoms with Crippen LogP contribution in [0.3, 0.4) is 0 Å². The average Bonchev–Trinajstić information content (AvgIpc) is 3.32. The van der Waals surface area contributed by atoms with E-state index < -0.39 is 23.4 Å². The first-order valence-corrected chi connectivity index (χ1v) is 10.1. The molecule has 9 heteroatoms. The number of benzene rings is 2. The van der Waals surface area contributed by atoms with Gasteiger partial charge in [0.1, 0.15) is 12.1 Å². The minimum absolute atomic E-state index is 0.121. The maximum Gasteiger partial charge on any atom is 0.325 e. The Kier molecular flexibility index (Phi) is 4.58. The molecule has 0 unspecified atom stereocenters. The number of pyridine rings is 1. The number of rotatable bonds is 5. The number of hydrogen-bond acceptors (Lipinski definition) is 5. The van der Waals surface area contributed by atoms with Gasteiger partial charge in [0, 0.05) is 6.20 Å². The highest BCUT2D eigenvalue weighted by molar-refractivity contribution is 6.09. The van der Waals surface area contributed by atoms with Gasteiger partial charge < -0.3 is 10.6 Å². The van der Waals surface area contributed by atoms with Crippen molar-refractivity contribution in [2.45, 2.75) is 19.0 Å². The summed E-state index contributed by atoms with van der Waals surface area (Å²) in [5.41, 5.74) is 0.0781. The number of nitrogens with one attached hydrogen (secondary N) is 2. The van der Waals surface area contributed by atoms with Crippen molar-refractivity contribution in [3.8, 4) is 0 Å². The Labute approximate surface area is 183 Å². The highest BCUT2D eigenvalue weighted by Gasteiger charge is 2.49. The second kappa shape index (κ2) is 7.45. The van der Waals surface area contributed by atoms with Crippen LogP contribution in [0.25, 0.3) is 16.4 Å². The molecule has 1 aliphatic rings. The van der Waals surface area contributed by atoms with Crippen molar-refractivity contribution in [2.75, 3.05) is 6.54 Å². The Morgan fingerprint density at radius 2 is 1.81 bits per heavy atom. The molecule has 4 aromatic rings. The molecule has 9 nitrogen and oxygen atoms in total. The minimum Gasteiger partial charge on any atom is -0.347 e. The van der Waals surface area contributed by atoms with Crippen LogP contribution in [-0.4, -0.2) is 43.9 Å². The van der Waals surface area contributed by atoms with E-state index >= 15 is 0 Å². The van der Waals surface area contributed by atoms with Crippen LogP contribution in [-0.2, 0) is 21.7 Å². The first kappa shape index (κ1) is 19.7. The number of imide groups is 1. The zero-order valence-electron chi connectivity index (χ0n) is 17.3. The second-order valence-corrected chi connectivity index (χ2v) is 7.83. The van der Waals surface area contributed by atoms with Gasteiger partial charge in [-0.05, 0) is 41.5 Å². The summed E-state index contributed by atoms with van der Waals surface area (Å²) in [7, 11) is 0. The Hall–Kier alpha value is -4.27. The van der Waals surface area contributed by atoms with E-state index in [-0.39, 0.29) is 13.1 Å². The molecule has 3 heterocycles. The number of aromatic nitrogens is 3. The fourth-order valence-corrected chi connectivity index (χ4v) is 3.93. The van der Waals surface area contributed by atoms with E-state index in [1.165, 1.54) is 0 Å². The monoisotopic (exact) mass is 428 g/mol. The van der Waals surface area contributed by atoms with E-state index in [4.69, 9.17) is 0 Å². The molecule has 0 radical (unpaired) electrons. The first-order chi connectivity index (χ1) is 15.5. The molecule has 1 saturated heterocycles. The fraction of sp³-hybridized carbons (Fsp3) is 0.174. The number of urea groups is 1. The lowest BCUT2D eigenvalue weighted by Crippen LogP contribution is -2.43. The molecular weight excluding hydrogens is 408 g/mol. The quantitative estimate of drug-likeness (QED) is 0.473. The van der Waals surface area contributed by atoms with Gasteiger partial charge in [-0.1, -0.05) is 42.5 Å². The van der Waals surface area contributed by atoms with Gasteiger partial charge in [0.15, 0.2) is 11.5 Å². The van der Waals surface area contributed by atoms with Crippen LogP contribution in [0.1, 0.15) is 18.3 Å². The molecule has 2 aromatic heterocycles. The summed E-state index contributed by atoms with van der Waals surface area (Å²) >= 11 is 0. The van der Waals surface area contributed by atoms with Gasteiger partial charge in [-0.2, -0.15) is 0 Å². The summed E-state index contributed by atoms with van der Waals surface area (Å²) in [4.78, 5) is 39.2. The molecule has 0 spiro atoms. The second-order valence-electron chi connectivity index (χ2n) is 7.83. The van der Waals surface area contributed by atoms with Crippen molar-refractivity contribution in [1.82, 2.24) is 30.1 Å². The van der Waals surface area contributed by atoms with Crippen LogP contribution in [0, 0.1) is 0 Å². The standard InChI is InChI=1S/C23H20N6O3/c1-23(17-10-9-15-6-2-3-7-16(15)12-17)21(31)29(22(32)25-23)14-20(30)24-13-19-27-26-18-8-4-5-11-28(18)19/h2-12H,13-14H2,1H3,(H,24,30)(H,25,32)/t23-/m1/s1. The van der Waals surface area contributed by atoms with Crippen LogP contribution in [0.15, 0.2) is 66.9 Å². The zero-order valence-corrected chi connectivity index (χ0v) is 17.3. The van der Waals surface area contributed by atoms with Crippen molar-refractivity contribution in [2.24, 2.45) is 0 Å². The molecule has 1 atom stereocenters. The van der Waals surface area contributed by atoms with E-state index in [0.717, 1.165) is 15.7 Å². The minimum atomic E-state index is -1.25. The summed E-state index contributed by atoms with van der Waals surface area (Å²) in [6.45, 7) is 1.39. The highest BCUT2D eigenvalue weighted by Crippen LogP contribution is 2.30. The number of amides is 4. The van der Waals surface area contributed by atoms with E-state index in [2.05, 4.69) is 20.8 Å². The molecule has 1 fully saturated rings. The van der Waals surface area contributed by atoms with Crippen LogP contribution < -0.4 is 10.6 Å². The molecule has 1 aliphatic heterocycles. The van der Waals surface area contributed by atoms with Crippen molar-refractivity contribution in [3.63, 3.8) is 0 Å².